The summed E-state index contributed by atoms with van der Waals surface area (Å²) in [5.74, 6) is -0.594. The van der Waals surface area contributed by atoms with Gasteiger partial charge in [0.05, 0.1) is 5.00 Å². The number of aliphatic carboxylic acids is 1. The van der Waals surface area contributed by atoms with E-state index in [4.69, 9.17) is 5.11 Å². The molecule has 1 heterocycles. The molecular weight excluding hydrogens is 250 g/mol. The molecule has 1 N–H and O–H groups in total. The zero-order valence-electron chi connectivity index (χ0n) is 10.2. The number of amides is 1. The normalized spacial score (nSPS) is 15.8. The third kappa shape index (κ3) is 3.32. The Morgan fingerprint density at radius 1 is 1.39 bits per heavy atom. The largest absolute Gasteiger partial charge is 0.480 e. The summed E-state index contributed by atoms with van der Waals surface area (Å²) in [6.07, 6.45) is 5.05. The van der Waals surface area contributed by atoms with Crippen LogP contribution >= 0.6 is 11.3 Å². The predicted octanol–water partition coefficient (Wildman–Crippen LogP) is 2.75. The van der Waals surface area contributed by atoms with Crippen molar-refractivity contribution in [3.05, 3.63) is 17.5 Å². The molecule has 0 aliphatic heterocycles. The number of carbonyl (C=O) groups excluding carboxylic acids is 1. The standard InChI is InChI=1S/C13H17NO3S/c15-11(8-10-4-1-2-5-10)14(9-13(16)17)12-6-3-7-18-12/h3,6-7,10H,1-2,4-5,8-9H2,(H,16,17). The average molecular weight is 267 g/mol. The van der Waals surface area contributed by atoms with Crippen LogP contribution in [0.15, 0.2) is 17.5 Å². The smallest absolute Gasteiger partial charge is 0.323 e. The summed E-state index contributed by atoms with van der Waals surface area (Å²) in [4.78, 5) is 24.5. The minimum absolute atomic E-state index is 0.0632. The van der Waals surface area contributed by atoms with E-state index in [9.17, 15) is 9.59 Å². The van der Waals surface area contributed by atoms with Crippen LogP contribution in [0.25, 0.3) is 0 Å². The third-order valence-electron chi connectivity index (χ3n) is 3.30. The molecule has 0 atom stereocenters. The fourth-order valence-corrected chi connectivity index (χ4v) is 3.17. The maximum Gasteiger partial charge on any atom is 0.323 e. The summed E-state index contributed by atoms with van der Waals surface area (Å²) in [5.41, 5.74) is 0. The first kappa shape index (κ1) is 13.1. The van der Waals surface area contributed by atoms with Gasteiger partial charge in [-0.15, -0.1) is 11.3 Å². The molecule has 98 valence electrons. The molecule has 0 radical (unpaired) electrons. The van der Waals surface area contributed by atoms with E-state index in [-0.39, 0.29) is 12.5 Å². The number of carboxylic acids is 1. The van der Waals surface area contributed by atoms with E-state index >= 15 is 0 Å². The van der Waals surface area contributed by atoms with E-state index in [1.807, 2.05) is 11.4 Å². The number of anilines is 1. The molecule has 4 nitrogen and oxygen atoms in total. The molecule has 1 saturated carbocycles. The Hall–Kier alpha value is -1.36. The van der Waals surface area contributed by atoms with Gasteiger partial charge in [-0.25, -0.2) is 0 Å². The van der Waals surface area contributed by atoms with Crippen LogP contribution in [0.2, 0.25) is 0 Å². The zero-order chi connectivity index (χ0) is 13.0. The van der Waals surface area contributed by atoms with Gasteiger partial charge >= 0.3 is 5.97 Å². The number of carbonyl (C=O) groups is 2. The number of rotatable bonds is 5. The quantitative estimate of drug-likeness (QED) is 0.892. The minimum atomic E-state index is -0.969. The second kappa shape index (κ2) is 6.00. The molecule has 1 aromatic heterocycles. The summed E-state index contributed by atoms with van der Waals surface area (Å²) in [6.45, 7) is -0.244. The van der Waals surface area contributed by atoms with E-state index in [0.29, 0.717) is 12.3 Å². The van der Waals surface area contributed by atoms with Gasteiger partial charge in [0.15, 0.2) is 0 Å². The number of hydrogen-bond donors (Lipinski definition) is 1. The SMILES string of the molecule is O=C(O)CN(C(=O)CC1CCCC1)c1cccs1. The molecule has 1 aromatic rings. The monoisotopic (exact) mass is 267 g/mol. The highest BCUT2D eigenvalue weighted by atomic mass is 32.1. The topological polar surface area (TPSA) is 57.6 Å². The van der Waals surface area contributed by atoms with Crippen molar-refractivity contribution in [2.45, 2.75) is 32.1 Å². The Balaban J connectivity index is 2.03. The Labute approximate surface area is 110 Å². The summed E-state index contributed by atoms with van der Waals surface area (Å²) in [6, 6.07) is 3.62. The molecule has 1 amide bonds. The number of nitrogens with zero attached hydrogens (tertiary/aromatic N) is 1. The fraction of sp³-hybridized carbons (Fsp3) is 0.538. The molecule has 5 heteroatoms. The molecule has 0 unspecified atom stereocenters. The van der Waals surface area contributed by atoms with Gasteiger partial charge in [-0.3, -0.25) is 14.5 Å². The maximum atomic E-state index is 12.2. The second-order valence-corrected chi connectivity index (χ2v) is 5.61. The second-order valence-electron chi connectivity index (χ2n) is 4.68. The number of hydrogen-bond acceptors (Lipinski definition) is 3. The first-order chi connectivity index (χ1) is 8.66. The lowest BCUT2D eigenvalue weighted by Gasteiger charge is -2.20. The Kier molecular flexibility index (Phi) is 4.36. The lowest BCUT2D eigenvalue weighted by atomic mass is 10.0. The van der Waals surface area contributed by atoms with E-state index in [2.05, 4.69) is 0 Å². The van der Waals surface area contributed by atoms with Crippen molar-refractivity contribution in [1.29, 1.82) is 0 Å². The number of carboxylic acid groups (broad SMARTS) is 1. The van der Waals surface area contributed by atoms with Crippen molar-refractivity contribution in [3.8, 4) is 0 Å². The van der Waals surface area contributed by atoms with Crippen molar-refractivity contribution in [1.82, 2.24) is 0 Å². The summed E-state index contributed by atoms with van der Waals surface area (Å²) >= 11 is 1.40. The highest BCUT2D eigenvalue weighted by Crippen LogP contribution is 2.29. The highest BCUT2D eigenvalue weighted by Gasteiger charge is 2.24. The first-order valence-corrected chi connectivity index (χ1v) is 7.10. The molecule has 1 aliphatic rings. The lowest BCUT2D eigenvalue weighted by molar-refractivity contribution is -0.136. The van der Waals surface area contributed by atoms with Crippen LogP contribution in [0.3, 0.4) is 0 Å². The number of thiophene rings is 1. The third-order valence-corrected chi connectivity index (χ3v) is 4.20. The molecule has 0 spiro atoms. The van der Waals surface area contributed by atoms with Crippen LogP contribution < -0.4 is 4.90 Å². The first-order valence-electron chi connectivity index (χ1n) is 6.22. The van der Waals surface area contributed by atoms with Crippen LogP contribution in [0.4, 0.5) is 5.00 Å². The van der Waals surface area contributed by atoms with Gasteiger partial charge in [0, 0.05) is 6.42 Å². The van der Waals surface area contributed by atoms with E-state index in [0.717, 1.165) is 17.8 Å². The summed E-state index contributed by atoms with van der Waals surface area (Å²) < 4.78 is 0. The zero-order valence-corrected chi connectivity index (χ0v) is 11.0. The Bertz CT molecular complexity index is 410. The summed E-state index contributed by atoms with van der Waals surface area (Å²) in [7, 11) is 0. The lowest BCUT2D eigenvalue weighted by Crippen LogP contribution is -2.35. The van der Waals surface area contributed by atoms with Gasteiger partial charge < -0.3 is 5.11 Å². The van der Waals surface area contributed by atoms with E-state index in [1.54, 1.807) is 6.07 Å². The van der Waals surface area contributed by atoms with E-state index in [1.165, 1.54) is 29.1 Å². The minimum Gasteiger partial charge on any atom is -0.480 e. The van der Waals surface area contributed by atoms with Gasteiger partial charge in [-0.2, -0.15) is 0 Å². The maximum absolute atomic E-state index is 12.2. The fourth-order valence-electron chi connectivity index (χ4n) is 2.42. The molecular formula is C13H17NO3S. The molecule has 0 aromatic carbocycles. The van der Waals surface area contributed by atoms with Crippen molar-refractivity contribution in [2.75, 3.05) is 11.4 Å². The van der Waals surface area contributed by atoms with Crippen LogP contribution in [-0.2, 0) is 9.59 Å². The van der Waals surface area contributed by atoms with Crippen molar-refractivity contribution >= 4 is 28.2 Å². The van der Waals surface area contributed by atoms with Crippen molar-refractivity contribution in [2.24, 2.45) is 5.92 Å². The predicted molar refractivity (Wildman–Crippen MR) is 70.9 cm³/mol. The van der Waals surface area contributed by atoms with Gasteiger partial charge in [0.25, 0.3) is 0 Å². The van der Waals surface area contributed by atoms with Crippen LogP contribution in [-0.4, -0.2) is 23.5 Å². The van der Waals surface area contributed by atoms with Gasteiger partial charge in [-0.1, -0.05) is 12.8 Å². The van der Waals surface area contributed by atoms with Gasteiger partial charge in [0.1, 0.15) is 6.54 Å². The molecule has 0 bridgehead atoms. The van der Waals surface area contributed by atoms with Crippen molar-refractivity contribution < 1.29 is 14.7 Å². The Morgan fingerprint density at radius 3 is 2.67 bits per heavy atom. The highest BCUT2D eigenvalue weighted by molar-refractivity contribution is 7.14. The average Bonchev–Trinajstić information content (AvgIpc) is 2.97. The van der Waals surface area contributed by atoms with Crippen LogP contribution in [0, 0.1) is 5.92 Å². The molecule has 2 rings (SSSR count). The van der Waals surface area contributed by atoms with Crippen LogP contribution in [0.5, 0.6) is 0 Å². The van der Waals surface area contributed by atoms with Crippen LogP contribution in [0.1, 0.15) is 32.1 Å². The van der Waals surface area contributed by atoms with E-state index < -0.39 is 5.97 Å². The van der Waals surface area contributed by atoms with Gasteiger partial charge in [0.2, 0.25) is 5.91 Å². The molecule has 0 saturated heterocycles. The molecule has 18 heavy (non-hydrogen) atoms. The molecule has 1 aliphatic carbocycles. The Morgan fingerprint density at radius 2 is 2.11 bits per heavy atom. The molecule has 1 fully saturated rings. The van der Waals surface area contributed by atoms with Crippen molar-refractivity contribution in [3.63, 3.8) is 0 Å². The summed E-state index contributed by atoms with van der Waals surface area (Å²) in [5, 5.41) is 11.5. The van der Waals surface area contributed by atoms with Gasteiger partial charge in [-0.05, 0) is 36.3 Å².